The van der Waals surface area contributed by atoms with E-state index in [1.54, 1.807) is 25.2 Å². The molecule has 7 nitrogen and oxygen atoms in total. The van der Waals surface area contributed by atoms with Crippen molar-refractivity contribution in [2.24, 2.45) is 10.9 Å². The zero-order valence-corrected chi connectivity index (χ0v) is 18.4. The second-order valence-corrected chi connectivity index (χ2v) is 7.51. The number of rotatable bonds is 9. The molecule has 1 rings (SSSR count). The topological polar surface area (TPSA) is 91.8 Å². The molecule has 0 unspecified atom stereocenters. The zero-order valence-electron chi connectivity index (χ0n) is 15.2. The minimum absolute atomic E-state index is 0. The van der Waals surface area contributed by atoms with Gasteiger partial charge in [-0.2, -0.15) is 0 Å². The molecule has 1 aromatic rings. The van der Waals surface area contributed by atoms with Gasteiger partial charge in [0, 0.05) is 33.8 Å². The summed E-state index contributed by atoms with van der Waals surface area (Å²) in [5.41, 5.74) is 0.858. The third-order valence-electron chi connectivity index (χ3n) is 3.17. The van der Waals surface area contributed by atoms with E-state index in [1.807, 2.05) is 6.07 Å². The molecule has 0 aromatic heterocycles. The van der Waals surface area contributed by atoms with E-state index >= 15 is 0 Å². The van der Waals surface area contributed by atoms with Gasteiger partial charge in [0.25, 0.3) is 0 Å². The summed E-state index contributed by atoms with van der Waals surface area (Å²) >= 11 is 0. The second-order valence-electron chi connectivity index (χ2n) is 5.74. The van der Waals surface area contributed by atoms with Gasteiger partial charge in [0.2, 0.25) is 10.0 Å². The molecule has 3 N–H and O–H groups in total. The van der Waals surface area contributed by atoms with Crippen LogP contribution in [0, 0.1) is 5.92 Å². The number of nitrogens with zero attached hydrogens (tertiary/aromatic N) is 1. The van der Waals surface area contributed by atoms with Gasteiger partial charge in [0.05, 0.1) is 11.5 Å². The van der Waals surface area contributed by atoms with Crippen molar-refractivity contribution < 1.29 is 13.2 Å². The van der Waals surface area contributed by atoms with E-state index in [9.17, 15) is 8.42 Å². The maximum atomic E-state index is 12.2. The van der Waals surface area contributed by atoms with Crippen molar-refractivity contribution >= 4 is 40.0 Å². The van der Waals surface area contributed by atoms with Crippen LogP contribution >= 0.6 is 24.0 Å². The Balaban J connectivity index is 0.00000576. The molecular formula is C16H29IN4O3S. The molecule has 0 radical (unpaired) electrons. The number of benzene rings is 1. The highest BCUT2D eigenvalue weighted by Gasteiger charge is 2.13. The number of hydrogen-bond donors (Lipinski definition) is 3. The molecular weight excluding hydrogens is 455 g/mol. The predicted molar refractivity (Wildman–Crippen MR) is 112 cm³/mol. The Morgan fingerprint density at radius 1 is 1.28 bits per heavy atom. The monoisotopic (exact) mass is 484 g/mol. The van der Waals surface area contributed by atoms with Gasteiger partial charge in [-0.25, -0.2) is 13.1 Å². The summed E-state index contributed by atoms with van der Waals surface area (Å²) < 4.78 is 31.8. The molecule has 0 saturated carbocycles. The van der Waals surface area contributed by atoms with Gasteiger partial charge in [-0.1, -0.05) is 26.0 Å². The predicted octanol–water partition coefficient (Wildman–Crippen LogP) is 1.55. The Morgan fingerprint density at radius 2 is 2.00 bits per heavy atom. The van der Waals surface area contributed by atoms with E-state index in [0.717, 1.165) is 12.1 Å². The maximum absolute atomic E-state index is 12.2. The van der Waals surface area contributed by atoms with E-state index < -0.39 is 10.0 Å². The molecule has 0 aliphatic carbocycles. The summed E-state index contributed by atoms with van der Waals surface area (Å²) in [7, 11) is -0.291. The van der Waals surface area contributed by atoms with Crippen molar-refractivity contribution in [2.45, 2.75) is 25.3 Å². The molecule has 144 valence electrons. The number of methoxy groups -OCH3 is 1. The fraction of sp³-hybridized carbons (Fsp3) is 0.562. The van der Waals surface area contributed by atoms with Crippen LogP contribution in [0.4, 0.5) is 0 Å². The third-order valence-corrected chi connectivity index (χ3v) is 4.63. The van der Waals surface area contributed by atoms with Crippen LogP contribution in [0.5, 0.6) is 0 Å². The molecule has 0 fully saturated rings. The van der Waals surface area contributed by atoms with Crippen LogP contribution < -0.4 is 15.4 Å². The van der Waals surface area contributed by atoms with Gasteiger partial charge in [-0.15, -0.1) is 24.0 Å². The lowest BCUT2D eigenvalue weighted by molar-refractivity contribution is 0.204. The van der Waals surface area contributed by atoms with Gasteiger partial charge >= 0.3 is 0 Å². The van der Waals surface area contributed by atoms with Gasteiger partial charge < -0.3 is 15.4 Å². The minimum atomic E-state index is -3.52. The van der Waals surface area contributed by atoms with Gasteiger partial charge in [-0.05, 0) is 23.6 Å². The number of aliphatic imine (C=N–C) groups is 1. The Morgan fingerprint density at radius 3 is 2.60 bits per heavy atom. The van der Waals surface area contributed by atoms with Crippen LogP contribution in [0.1, 0.15) is 19.4 Å². The fourth-order valence-corrected chi connectivity index (χ4v) is 2.97. The van der Waals surface area contributed by atoms with Crippen LogP contribution in [-0.2, 0) is 21.3 Å². The number of halogens is 1. The van der Waals surface area contributed by atoms with Crippen LogP contribution in [0.15, 0.2) is 34.2 Å². The van der Waals surface area contributed by atoms with E-state index in [-0.39, 0.29) is 35.4 Å². The fourth-order valence-electron chi connectivity index (χ4n) is 1.89. The normalized spacial score (nSPS) is 12.0. The van der Waals surface area contributed by atoms with E-state index in [0.29, 0.717) is 25.0 Å². The SMILES string of the molecule is CN=C(NCc1cccc(S(=O)(=O)NCCOC)c1)NCC(C)C.I. The van der Waals surface area contributed by atoms with Crippen LogP contribution in [-0.4, -0.2) is 48.2 Å². The lowest BCUT2D eigenvalue weighted by atomic mass is 10.2. The quantitative estimate of drug-likeness (QED) is 0.214. The molecule has 0 aliphatic rings. The standard InChI is InChI=1S/C16H28N4O3S.HI/c1-13(2)11-18-16(17-3)19-12-14-6-5-7-15(10-14)24(21,22)20-8-9-23-4;/h5-7,10,13,20H,8-9,11-12H2,1-4H3,(H2,17,18,19);1H. The number of hydrogen-bond acceptors (Lipinski definition) is 4. The number of ether oxygens (including phenoxy) is 1. The van der Waals surface area contributed by atoms with E-state index in [1.165, 1.54) is 7.11 Å². The summed E-state index contributed by atoms with van der Waals surface area (Å²) in [6.07, 6.45) is 0. The molecule has 0 bridgehead atoms. The first kappa shape index (κ1) is 24.1. The second kappa shape index (κ2) is 12.4. The van der Waals surface area contributed by atoms with Gasteiger partial charge in [0.1, 0.15) is 0 Å². The Labute approximate surface area is 168 Å². The molecule has 9 heteroatoms. The number of nitrogens with one attached hydrogen (secondary N) is 3. The molecule has 25 heavy (non-hydrogen) atoms. The van der Waals surface area contributed by atoms with Crippen molar-refractivity contribution in [1.82, 2.24) is 15.4 Å². The minimum Gasteiger partial charge on any atom is -0.383 e. The Bertz CT molecular complexity index is 636. The summed E-state index contributed by atoms with van der Waals surface area (Å²) in [5.74, 6) is 1.20. The van der Waals surface area contributed by atoms with E-state index in [4.69, 9.17) is 4.74 Å². The number of sulfonamides is 1. The first-order chi connectivity index (χ1) is 11.4. The van der Waals surface area contributed by atoms with Crippen molar-refractivity contribution in [3.63, 3.8) is 0 Å². The van der Waals surface area contributed by atoms with Gasteiger partial charge in [-0.3, -0.25) is 4.99 Å². The van der Waals surface area contributed by atoms with Crippen molar-refractivity contribution in [2.75, 3.05) is 33.9 Å². The molecule has 0 amide bonds. The lowest BCUT2D eigenvalue weighted by Crippen LogP contribution is -2.38. The van der Waals surface area contributed by atoms with Crippen molar-refractivity contribution in [1.29, 1.82) is 0 Å². The maximum Gasteiger partial charge on any atom is 0.240 e. The average molecular weight is 484 g/mol. The van der Waals surface area contributed by atoms with Crippen LogP contribution in [0.2, 0.25) is 0 Å². The highest BCUT2D eigenvalue weighted by Crippen LogP contribution is 2.11. The summed E-state index contributed by atoms with van der Waals surface area (Å²) in [6.45, 7) is 6.11. The van der Waals surface area contributed by atoms with Crippen LogP contribution in [0.25, 0.3) is 0 Å². The first-order valence-corrected chi connectivity index (χ1v) is 9.39. The molecule has 0 spiro atoms. The molecule has 0 saturated heterocycles. The highest BCUT2D eigenvalue weighted by molar-refractivity contribution is 14.0. The van der Waals surface area contributed by atoms with Crippen LogP contribution in [0.3, 0.4) is 0 Å². The highest BCUT2D eigenvalue weighted by atomic mass is 127. The largest absolute Gasteiger partial charge is 0.383 e. The van der Waals surface area contributed by atoms with Gasteiger partial charge in [0.15, 0.2) is 5.96 Å². The summed E-state index contributed by atoms with van der Waals surface area (Å²) in [5, 5.41) is 6.39. The molecule has 0 atom stereocenters. The summed E-state index contributed by atoms with van der Waals surface area (Å²) in [6, 6.07) is 6.82. The lowest BCUT2D eigenvalue weighted by Gasteiger charge is -2.14. The first-order valence-electron chi connectivity index (χ1n) is 7.91. The summed E-state index contributed by atoms with van der Waals surface area (Å²) in [4.78, 5) is 4.39. The molecule has 0 heterocycles. The number of guanidine groups is 1. The average Bonchev–Trinajstić information content (AvgIpc) is 2.55. The van der Waals surface area contributed by atoms with E-state index in [2.05, 4.69) is 34.2 Å². The Kier molecular flexibility index (Phi) is 12.0. The van der Waals surface area contributed by atoms with Crippen molar-refractivity contribution in [3.8, 4) is 0 Å². The van der Waals surface area contributed by atoms with Crippen molar-refractivity contribution in [3.05, 3.63) is 29.8 Å². The zero-order chi connectivity index (χ0) is 18.0. The molecule has 1 aromatic carbocycles. The smallest absolute Gasteiger partial charge is 0.240 e. The Hall–Kier alpha value is -0.910. The molecule has 0 aliphatic heterocycles. The third kappa shape index (κ3) is 9.38.